The van der Waals surface area contributed by atoms with Crippen LogP contribution in [0.1, 0.15) is 18.1 Å². The van der Waals surface area contributed by atoms with Gasteiger partial charge in [-0.25, -0.2) is 0 Å². The molecular weight excluding hydrogens is 196 g/mol. The number of rotatable bonds is 2. The van der Waals surface area contributed by atoms with Crippen LogP contribution in [0.5, 0.6) is 11.5 Å². The van der Waals surface area contributed by atoms with Crippen molar-refractivity contribution in [2.45, 2.75) is 12.5 Å². The summed E-state index contributed by atoms with van der Waals surface area (Å²) >= 11 is 0. The van der Waals surface area contributed by atoms with E-state index in [0.717, 1.165) is 6.42 Å². The van der Waals surface area contributed by atoms with Crippen LogP contribution in [0.3, 0.4) is 0 Å². The van der Waals surface area contributed by atoms with Crippen molar-refractivity contribution < 1.29 is 19.7 Å². The molecule has 1 aliphatic rings. The quantitative estimate of drug-likeness (QED) is 0.760. The van der Waals surface area contributed by atoms with Crippen molar-refractivity contribution in [2.75, 3.05) is 19.8 Å². The monoisotopic (exact) mass is 210 g/mol. The van der Waals surface area contributed by atoms with Crippen molar-refractivity contribution in [1.82, 2.24) is 0 Å². The van der Waals surface area contributed by atoms with E-state index in [4.69, 9.17) is 14.6 Å². The summed E-state index contributed by atoms with van der Waals surface area (Å²) in [4.78, 5) is 0. The Balaban J connectivity index is 2.27. The van der Waals surface area contributed by atoms with Gasteiger partial charge in [0, 0.05) is 6.42 Å². The molecule has 0 radical (unpaired) electrons. The van der Waals surface area contributed by atoms with Crippen LogP contribution in [-0.4, -0.2) is 30.0 Å². The molecule has 0 fully saturated rings. The summed E-state index contributed by atoms with van der Waals surface area (Å²) in [6.45, 7) is 0.972. The molecule has 15 heavy (non-hydrogen) atoms. The topological polar surface area (TPSA) is 58.9 Å². The van der Waals surface area contributed by atoms with E-state index in [9.17, 15) is 5.11 Å². The Kier molecular flexibility index (Phi) is 3.08. The van der Waals surface area contributed by atoms with Crippen LogP contribution in [0.15, 0.2) is 18.2 Å². The number of aliphatic hydroxyl groups is 2. The second-order valence-electron chi connectivity index (χ2n) is 3.46. The maximum absolute atomic E-state index is 9.45. The molecule has 0 spiro atoms. The lowest BCUT2D eigenvalue weighted by Gasteiger charge is -2.11. The predicted octanol–water partition coefficient (Wildman–Crippen LogP) is 0.874. The van der Waals surface area contributed by atoms with Gasteiger partial charge in [-0.15, -0.1) is 0 Å². The molecule has 1 aromatic carbocycles. The molecule has 0 saturated heterocycles. The fourth-order valence-electron chi connectivity index (χ4n) is 1.49. The first-order chi connectivity index (χ1) is 7.31. The molecule has 82 valence electrons. The van der Waals surface area contributed by atoms with Crippen LogP contribution < -0.4 is 9.47 Å². The van der Waals surface area contributed by atoms with Crippen molar-refractivity contribution in [1.29, 1.82) is 0 Å². The molecular formula is C11H14O4. The average molecular weight is 210 g/mol. The van der Waals surface area contributed by atoms with Gasteiger partial charge in [0.15, 0.2) is 11.5 Å². The third-order valence-electron chi connectivity index (χ3n) is 2.33. The van der Waals surface area contributed by atoms with Crippen LogP contribution in [0, 0.1) is 0 Å². The summed E-state index contributed by atoms with van der Waals surface area (Å²) in [6, 6.07) is 5.20. The van der Waals surface area contributed by atoms with Crippen LogP contribution in [-0.2, 0) is 0 Å². The Morgan fingerprint density at radius 3 is 2.67 bits per heavy atom. The molecule has 1 aromatic rings. The second-order valence-corrected chi connectivity index (χ2v) is 3.46. The van der Waals surface area contributed by atoms with Crippen LogP contribution in [0.2, 0.25) is 0 Å². The van der Waals surface area contributed by atoms with E-state index in [0.29, 0.717) is 30.3 Å². The number of aliphatic hydroxyl groups excluding tert-OH is 2. The molecule has 4 heteroatoms. The minimum atomic E-state index is -0.859. The maximum Gasteiger partial charge on any atom is 0.161 e. The molecule has 4 nitrogen and oxygen atoms in total. The Morgan fingerprint density at radius 2 is 1.93 bits per heavy atom. The van der Waals surface area contributed by atoms with Crippen LogP contribution >= 0.6 is 0 Å². The highest BCUT2D eigenvalue weighted by Gasteiger charge is 2.13. The first-order valence-electron chi connectivity index (χ1n) is 4.99. The summed E-state index contributed by atoms with van der Waals surface area (Å²) in [5.41, 5.74) is 0.641. The summed E-state index contributed by atoms with van der Waals surface area (Å²) in [5.74, 6) is 1.33. The second kappa shape index (κ2) is 4.51. The summed E-state index contributed by atoms with van der Waals surface area (Å²) in [7, 11) is 0. The lowest BCUT2D eigenvalue weighted by Crippen LogP contribution is -2.03. The van der Waals surface area contributed by atoms with E-state index in [1.165, 1.54) is 0 Å². The first-order valence-corrected chi connectivity index (χ1v) is 4.99. The number of fused-ring (bicyclic) bond motifs is 1. The zero-order valence-corrected chi connectivity index (χ0v) is 8.35. The summed E-state index contributed by atoms with van der Waals surface area (Å²) in [6.07, 6.45) is -0.00538. The number of hydrogen-bond acceptors (Lipinski definition) is 4. The van der Waals surface area contributed by atoms with E-state index in [1.54, 1.807) is 18.2 Å². The summed E-state index contributed by atoms with van der Waals surface area (Å²) < 4.78 is 10.9. The van der Waals surface area contributed by atoms with Gasteiger partial charge in [-0.2, -0.15) is 0 Å². The molecule has 0 bridgehead atoms. The van der Waals surface area contributed by atoms with Gasteiger partial charge in [-0.05, 0) is 17.7 Å². The van der Waals surface area contributed by atoms with Gasteiger partial charge in [-0.1, -0.05) is 6.07 Å². The van der Waals surface area contributed by atoms with E-state index in [2.05, 4.69) is 0 Å². The van der Waals surface area contributed by atoms with E-state index in [1.807, 2.05) is 0 Å². The largest absolute Gasteiger partial charge is 0.490 e. The van der Waals surface area contributed by atoms with Crippen molar-refractivity contribution >= 4 is 0 Å². The normalized spacial score (nSPS) is 16.9. The maximum atomic E-state index is 9.45. The molecule has 0 amide bonds. The average Bonchev–Trinajstić information content (AvgIpc) is 2.51. The molecule has 2 N–H and O–H groups in total. The highest BCUT2D eigenvalue weighted by atomic mass is 16.5. The van der Waals surface area contributed by atoms with E-state index >= 15 is 0 Å². The molecule has 0 aliphatic carbocycles. The molecule has 1 aliphatic heterocycles. The third kappa shape index (κ3) is 2.22. The summed E-state index contributed by atoms with van der Waals surface area (Å²) in [5, 5.41) is 18.3. The number of hydrogen-bond donors (Lipinski definition) is 2. The predicted molar refractivity (Wildman–Crippen MR) is 54.1 cm³/mol. The number of ether oxygens (including phenoxy) is 2. The van der Waals surface area contributed by atoms with Gasteiger partial charge in [0.1, 0.15) is 6.10 Å². The van der Waals surface area contributed by atoms with E-state index in [-0.39, 0.29) is 6.61 Å². The van der Waals surface area contributed by atoms with Crippen LogP contribution in [0.25, 0.3) is 0 Å². The zero-order valence-electron chi connectivity index (χ0n) is 8.35. The molecule has 0 aromatic heterocycles. The van der Waals surface area contributed by atoms with Gasteiger partial charge < -0.3 is 19.7 Å². The highest BCUT2D eigenvalue weighted by molar-refractivity contribution is 5.44. The minimum absolute atomic E-state index is 0.292. The van der Waals surface area contributed by atoms with Crippen LogP contribution in [0.4, 0.5) is 0 Å². The zero-order chi connectivity index (χ0) is 10.7. The molecule has 2 rings (SSSR count). The number of benzene rings is 1. The Morgan fingerprint density at radius 1 is 1.20 bits per heavy atom. The third-order valence-corrected chi connectivity index (χ3v) is 2.33. The molecule has 1 atom stereocenters. The first kappa shape index (κ1) is 10.3. The fourth-order valence-corrected chi connectivity index (χ4v) is 1.49. The Bertz CT molecular complexity index is 337. The van der Waals surface area contributed by atoms with Gasteiger partial charge in [0.25, 0.3) is 0 Å². The SMILES string of the molecule is OCC(O)c1ccc2c(c1)OCCCO2. The van der Waals surface area contributed by atoms with E-state index < -0.39 is 6.10 Å². The van der Waals surface area contributed by atoms with Crippen molar-refractivity contribution in [3.8, 4) is 11.5 Å². The molecule has 1 heterocycles. The van der Waals surface area contributed by atoms with Gasteiger partial charge in [0.2, 0.25) is 0 Å². The standard InChI is InChI=1S/C11H14O4/c12-7-9(13)8-2-3-10-11(6-8)15-5-1-4-14-10/h2-3,6,9,12-13H,1,4-5,7H2. The minimum Gasteiger partial charge on any atom is -0.490 e. The fraction of sp³-hybridized carbons (Fsp3) is 0.455. The van der Waals surface area contributed by atoms with Crippen molar-refractivity contribution in [3.05, 3.63) is 23.8 Å². The molecule has 1 unspecified atom stereocenters. The van der Waals surface area contributed by atoms with Gasteiger partial charge >= 0.3 is 0 Å². The van der Waals surface area contributed by atoms with Gasteiger partial charge in [-0.3, -0.25) is 0 Å². The smallest absolute Gasteiger partial charge is 0.161 e. The lowest BCUT2D eigenvalue weighted by molar-refractivity contribution is 0.0953. The Hall–Kier alpha value is -1.26. The van der Waals surface area contributed by atoms with Crippen molar-refractivity contribution in [3.63, 3.8) is 0 Å². The Labute approximate surface area is 88.1 Å². The highest BCUT2D eigenvalue weighted by Crippen LogP contribution is 2.32. The van der Waals surface area contributed by atoms with Gasteiger partial charge in [0.05, 0.1) is 19.8 Å². The lowest BCUT2D eigenvalue weighted by atomic mass is 10.1. The molecule has 0 saturated carbocycles. The van der Waals surface area contributed by atoms with Crippen molar-refractivity contribution in [2.24, 2.45) is 0 Å².